The lowest BCUT2D eigenvalue weighted by Crippen LogP contribution is -2.23. The first kappa shape index (κ1) is 12.2. The van der Waals surface area contributed by atoms with Gasteiger partial charge in [-0.05, 0) is 31.0 Å². The highest BCUT2D eigenvalue weighted by atomic mass is 16.5. The van der Waals surface area contributed by atoms with Crippen LogP contribution in [0.5, 0.6) is 11.5 Å². The van der Waals surface area contributed by atoms with Gasteiger partial charge in [-0.2, -0.15) is 0 Å². The second kappa shape index (κ2) is 4.96. The summed E-state index contributed by atoms with van der Waals surface area (Å²) in [6.07, 6.45) is 1.05. The molecule has 1 N–H and O–H groups in total. The van der Waals surface area contributed by atoms with Gasteiger partial charge in [0.25, 0.3) is 0 Å². The Balaban J connectivity index is 2.49. The molecule has 2 atom stereocenters. The van der Waals surface area contributed by atoms with Gasteiger partial charge in [-0.25, -0.2) is 0 Å². The zero-order valence-corrected chi connectivity index (χ0v) is 11.0. The van der Waals surface area contributed by atoms with Gasteiger partial charge in [0.15, 0.2) is 0 Å². The fourth-order valence-corrected chi connectivity index (χ4v) is 2.79. The van der Waals surface area contributed by atoms with E-state index < -0.39 is 0 Å². The molecular formula is C14H21NO2. The standard InChI is InChI=1S/C14H21NO2/c1-5-15-14-9(2)8-10-11(16-3)6-7-12(17-4)13(10)14/h6-7,9,14-15H,5,8H2,1-4H3. The molecule has 94 valence electrons. The molecule has 0 saturated heterocycles. The highest BCUT2D eigenvalue weighted by Crippen LogP contribution is 2.45. The van der Waals surface area contributed by atoms with Gasteiger partial charge in [-0.15, -0.1) is 0 Å². The topological polar surface area (TPSA) is 30.5 Å². The Kier molecular flexibility index (Phi) is 3.57. The molecule has 3 heteroatoms. The van der Waals surface area contributed by atoms with E-state index in [1.807, 2.05) is 12.1 Å². The van der Waals surface area contributed by atoms with E-state index in [4.69, 9.17) is 9.47 Å². The maximum Gasteiger partial charge on any atom is 0.124 e. The number of fused-ring (bicyclic) bond motifs is 1. The van der Waals surface area contributed by atoms with Gasteiger partial charge >= 0.3 is 0 Å². The van der Waals surface area contributed by atoms with E-state index in [0.29, 0.717) is 12.0 Å². The Bertz CT molecular complexity index is 403. The Morgan fingerprint density at radius 2 is 1.88 bits per heavy atom. The zero-order valence-electron chi connectivity index (χ0n) is 11.0. The van der Waals surface area contributed by atoms with Gasteiger partial charge in [-0.3, -0.25) is 0 Å². The predicted molar refractivity (Wildman–Crippen MR) is 68.8 cm³/mol. The average molecular weight is 235 g/mol. The Morgan fingerprint density at radius 1 is 1.24 bits per heavy atom. The van der Waals surface area contributed by atoms with Crippen molar-refractivity contribution in [1.82, 2.24) is 5.32 Å². The van der Waals surface area contributed by atoms with E-state index in [-0.39, 0.29) is 0 Å². The number of nitrogens with one attached hydrogen (secondary N) is 1. The Hall–Kier alpha value is -1.22. The summed E-state index contributed by atoms with van der Waals surface area (Å²) in [4.78, 5) is 0. The molecule has 2 unspecified atom stereocenters. The van der Waals surface area contributed by atoms with E-state index in [9.17, 15) is 0 Å². The first-order valence-corrected chi connectivity index (χ1v) is 6.20. The van der Waals surface area contributed by atoms with E-state index >= 15 is 0 Å². The number of benzene rings is 1. The molecule has 3 nitrogen and oxygen atoms in total. The Labute approximate surface area is 103 Å². The van der Waals surface area contributed by atoms with Crippen LogP contribution in [0.3, 0.4) is 0 Å². The third-order valence-electron chi connectivity index (χ3n) is 3.54. The highest BCUT2D eigenvalue weighted by molar-refractivity contribution is 5.53. The van der Waals surface area contributed by atoms with E-state index in [0.717, 1.165) is 24.5 Å². The fraction of sp³-hybridized carbons (Fsp3) is 0.571. The van der Waals surface area contributed by atoms with Gasteiger partial charge in [0, 0.05) is 17.2 Å². The monoisotopic (exact) mass is 235 g/mol. The summed E-state index contributed by atoms with van der Waals surface area (Å²) in [5.74, 6) is 2.53. The quantitative estimate of drug-likeness (QED) is 0.870. The van der Waals surface area contributed by atoms with Crippen molar-refractivity contribution in [2.24, 2.45) is 5.92 Å². The number of hydrogen-bond donors (Lipinski definition) is 1. The van der Waals surface area contributed by atoms with Crippen molar-refractivity contribution >= 4 is 0 Å². The van der Waals surface area contributed by atoms with Crippen LogP contribution in [0.15, 0.2) is 12.1 Å². The summed E-state index contributed by atoms with van der Waals surface area (Å²) in [7, 11) is 3.46. The minimum Gasteiger partial charge on any atom is -0.496 e. The van der Waals surface area contributed by atoms with Gasteiger partial charge < -0.3 is 14.8 Å². The van der Waals surface area contributed by atoms with Crippen LogP contribution in [-0.2, 0) is 6.42 Å². The SMILES string of the molecule is CCNC1c2c(OC)ccc(OC)c2CC1C. The van der Waals surface area contributed by atoms with Crippen LogP contribution >= 0.6 is 0 Å². The summed E-state index contributed by atoms with van der Waals surface area (Å²) in [5, 5.41) is 3.54. The zero-order chi connectivity index (χ0) is 12.4. The largest absolute Gasteiger partial charge is 0.496 e. The third-order valence-corrected chi connectivity index (χ3v) is 3.54. The molecule has 0 heterocycles. The molecule has 0 bridgehead atoms. The first-order valence-electron chi connectivity index (χ1n) is 6.20. The maximum absolute atomic E-state index is 5.49. The molecule has 1 aromatic carbocycles. The van der Waals surface area contributed by atoms with Gasteiger partial charge in [-0.1, -0.05) is 13.8 Å². The summed E-state index contributed by atoms with van der Waals surface area (Å²) in [6, 6.07) is 4.37. The molecule has 17 heavy (non-hydrogen) atoms. The van der Waals surface area contributed by atoms with Crippen molar-refractivity contribution in [2.75, 3.05) is 20.8 Å². The smallest absolute Gasteiger partial charge is 0.124 e. The van der Waals surface area contributed by atoms with Crippen molar-refractivity contribution in [3.63, 3.8) is 0 Å². The second-order valence-electron chi connectivity index (χ2n) is 4.58. The van der Waals surface area contributed by atoms with Crippen molar-refractivity contribution in [3.05, 3.63) is 23.3 Å². The third kappa shape index (κ3) is 2.00. The van der Waals surface area contributed by atoms with Crippen molar-refractivity contribution in [2.45, 2.75) is 26.3 Å². The van der Waals surface area contributed by atoms with E-state index in [2.05, 4.69) is 19.2 Å². The molecule has 0 radical (unpaired) electrons. The molecule has 2 rings (SSSR count). The second-order valence-corrected chi connectivity index (χ2v) is 4.58. The van der Waals surface area contributed by atoms with Crippen LogP contribution in [0.2, 0.25) is 0 Å². The molecule has 0 spiro atoms. The summed E-state index contributed by atoms with van der Waals surface area (Å²) in [6.45, 7) is 5.37. The fourth-order valence-electron chi connectivity index (χ4n) is 2.79. The van der Waals surface area contributed by atoms with E-state index in [1.165, 1.54) is 11.1 Å². The molecule has 1 aliphatic rings. The molecule has 1 aromatic rings. The lowest BCUT2D eigenvalue weighted by Gasteiger charge is -2.19. The predicted octanol–water partition coefficient (Wildman–Crippen LogP) is 2.55. The lowest BCUT2D eigenvalue weighted by atomic mass is 10.0. The van der Waals surface area contributed by atoms with Crippen LogP contribution in [0.1, 0.15) is 31.0 Å². The average Bonchev–Trinajstić information content (AvgIpc) is 2.66. The summed E-state index contributed by atoms with van der Waals surface area (Å²) < 4.78 is 10.9. The number of ether oxygens (including phenoxy) is 2. The normalized spacial score (nSPS) is 22.4. The van der Waals surface area contributed by atoms with Crippen molar-refractivity contribution < 1.29 is 9.47 Å². The summed E-state index contributed by atoms with van der Waals surface area (Å²) in [5.41, 5.74) is 2.58. The van der Waals surface area contributed by atoms with Crippen LogP contribution in [0.25, 0.3) is 0 Å². The van der Waals surface area contributed by atoms with Crippen LogP contribution < -0.4 is 14.8 Å². The number of methoxy groups -OCH3 is 2. The van der Waals surface area contributed by atoms with Crippen LogP contribution in [-0.4, -0.2) is 20.8 Å². The molecular weight excluding hydrogens is 214 g/mol. The molecule has 0 fully saturated rings. The first-order chi connectivity index (χ1) is 8.22. The number of rotatable bonds is 4. The molecule has 0 aromatic heterocycles. The van der Waals surface area contributed by atoms with Crippen LogP contribution in [0, 0.1) is 5.92 Å². The maximum atomic E-state index is 5.49. The van der Waals surface area contributed by atoms with Crippen molar-refractivity contribution in [1.29, 1.82) is 0 Å². The minimum absolute atomic E-state index is 0.375. The number of hydrogen-bond acceptors (Lipinski definition) is 3. The van der Waals surface area contributed by atoms with E-state index in [1.54, 1.807) is 14.2 Å². The van der Waals surface area contributed by atoms with Crippen LogP contribution in [0.4, 0.5) is 0 Å². The molecule has 0 aliphatic heterocycles. The molecule has 0 saturated carbocycles. The molecule has 0 amide bonds. The lowest BCUT2D eigenvalue weighted by molar-refractivity contribution is 0.382. The van der Waals surface area contributed by atoms with Gasteiger partial charge in [0.2, 0.25) is 0 Å². The minimum atomic E-state index is 0.375. The Morgan fingerprint density at radius 3 is 2.47 bits per heavy atom. The van der Waals surface area contributed by atoms with Crippen molar-refractivity contribution in [3.8, 4) is 11.5 Å². The van der Waals surface area contributed by atoms with Gasteiger partial charge in [0.05, 0.1) is 14.2 Å². The van der Waals surface area contributed by atoms with Gasteiger partial charge in [0.1, 0.15) is 11.5 Å². The summed E-state index contributed by atoms with van der Waals surface area (Å²) >= 11 is 0. The highest BCUT2D eigenvalue weighted by Gasteiger charge is 2.33. The molecule has 1 aliphatic carbocycles.